The average molecular weight is 474 g/mol. The summed E-state index contributed by atoms with van der Waals surface area (Å²) >= 11 is 0. The van der Waals surface area contributed by atoms with Crippen molar-refractivity contribution >= 4 is 23.6 Å². The molecule has 1 aliphatic carbocycles. The summed E-state index contributed by atoms with van der Waals surface area (Å²) in [6.07, 6.45) is 1.76. The predicted molar refractivity (Wildman–Crippen MR) is 126 cm³/mol. The largest absolute Gasteiger partial charge is 0.353 e. The average Bonchev–Trinajstić information content (AvgIpc) is 3.07. The van der Waals surface area contributed by atoms with Gasteiger partial charge in [0.1, 0.15) is 18.1 Å². The van der Waals surface area contributed by atoms with Gasteiger partial charge in [-0.25, -0.2) is 0 Å². The molecular formula is C25H39N5O4. The van der Waals surface area contributed by atoms with Gasteiger partial charge < -0.3 is 20.9 Å². The van der Waals surface area contributed by atoms with E-state index >= 15 is 0 Å². The molecule has 0 radical (unpaired) electrons. The smallest absolute Gasteiger partial charge is 0.246 e. The van der Waals surface area contributed by atoms with Crippen molar-refractivity contribution in [2.45, 2.75) is 91.9 Å². The second-order valence-corrected chi connectivity index (χ2v) is 12.0. The van der Waals surface area contributed by atoms with Crippen LogP contribution >= 0.6 is 0 Å². The lowest BCUT2D eigenvalue weighted by Gasteiger charge is -2.37. The number of carbonyl (C=O) groups excluding carboxylic acids is 4. The van der Waals surface area contributed by atoms with E-state index in [0.29, 0.717) is 13.0 Å². The van der Waals surface area contributed by atoms with E-state index in [1.54, 1.807) is 4.90 Å². The number of nitrogens with one attached hydrogen (secondary N) is 3. The van der Waals surface area contributed by atoms with Crippen molar-refractivity contribution in [2.24, 2.45) is 28.6 Å². The maximum absolute atomic E-state index is 13.6. The zero-order valence-electron chi connectivity index (χ0n) is 21.4. The van der Waals surface area contributed by atoms with Crippen LogP contribution in [-0.2, 0) is 19.2 Å². The van der Waals surface area contributed by atoms with Crippen molar-refractivity contribution in [3.05, 3.63) is 0 Å². The van der Waals surface area contributed by atoms with Crippen molar-refractivity contribution in [1.29, 1.82) is 5.26 Å². The summed E-state index contributed by atoms with van der Waals surface area (Å²) in [6.45, 7) is 13.6. The van der Waals surface area contributed by atoms with E-state index in [0.717, 1.165) is 6.42 Å². The molecule has 34 heavy (non-hydrogen) atoms. The number of fused-ring (bicyclic) bond motifs is 1. The maximum atomic E-state index is 13.6. The van der Waals surface area contributed by atoms with Gasteiger partial charge in [-0.15, -0.1) is 0 Å². The van der Waals surface area contributed by atoms with E-state index in [-0.39, 0.29) is 59.3 Å². The van der Waals surface area contributed by atoms with Gasteiger partial charge in [-0.3, -0.25) is 19.2 Å². The molecule has 4 amide bonds. The third-order valence-corrected chi connectivity index (χ3v) is 7.92. The number of hydrogen-bond donors (Lipinski definition) is 3. The fourth-order valence-electron chi connectivity index (χ4n) is 5.76. The van der Waals surface area contributed by atoms with Gasteiger partial charge in [-0.05, 0) is 48.9 Å². The molecule has 3 aliphatic rings. The molecule has 0 spiro atoms. The third kappa shape index (κ3) is 5.06. The summed E-state index contributed by atoms with van der Waals surface area (Å²) in [5.74, 6) is -1.17. The fraction of sp³-hybridized carbons (Fsp3) is 0.800. The lowest BCUT2D eigenvalue weighted by Crippen LogP contribution is -2.59. The summed E-state index contributed by atoms with van der Waals surface area (Å²) in [5.41, 5.74) is -0.613. The molecule has 9 nitrogen and oxygen atoms in total. The van der Waals surface area contributed by atoms with Gasteiger partial charge in [0.2, 0.25) is 23.6 Å². The molecule has 0 bridgehead atoms. The number of amides is 4. The highest BCUT2D eigenvalue weighted by Crippen LogP contribution is 2.65. The van der Waals surface area contributed by atoms with Gasteiger partial charge in [0.25, 0.3) is 0 Å². The Balaban J connectivity index is 1.76. The molecule has 2 heterocycles. The second kappa shape index (κ2) is 9.20. The maximum Gasteiger partial charge on any atom is 0.246 e. The van der Waals surface area contributed by atoms with Gasteiger partial charge in [0.15, 0.2) is 0 Å². The minimum atomic E-state index is -0.816. The molecule has 1 saturated carbocycles. The van der Waals surface area contributed by atoms with E-state index in [1.165, 1.54) is 6.92 Å². The van der Waals surface area contributed by atoms with E-state index in [1.807, 2.05) is 27.7 Å². The van der Waals surface area contributed by atoms with Gasteiger partial charge in [-0.2, -0.15) is 5.26 Å². The van der Waals surface area contributed by atoms with Crippen LogP contribution in [-0.4, -0.2) is 59.2 Å². The number of piperidine rings is 2. The second-order valence-electron chi connectivity index (χ2n) is 12.0. The minimum Gasteiger partial charge on any atom is -0.353 e. The van der Waals surface area contributed by atoms with Gasteiger partial charge in [0, 0.05) is 25.4 Å². The van der Waals surface area contributed by atoms with Crippen LogP contribution in [0.15, 0.2) is 0 Å². The standard InChI is InChI=1S/C25H39N5O4/c1-13-8-9-15(21(32)27-13)10-16(11-26)29-22(33)19-18-17(25(18,6)7)12-30(19)23(34)20(24(3,4)5)28-14(2)31/h13,15-20H,8-10,12H2,1-7H3,(H,27,32)(H,28,31)(H,29,33)/t13-,15+,16+,17+,18+,19+,20?/m1/s1. The van der Waals surface area contributed by atoms with E-state index in [2.05, 4.69) is 35.9 Å². The predicted octanol–water partition coefficient (Wildman–Crippen LogP) is 1.33. The summed E-state index contributed by atoms with van der Waals surface area (Å²) in [5, 5.41) is 18.2. The molecular weight excluding hydrogens is 434 g/mol. The number of nitriles is 1. The lowest BCUT2D eigenvalue weighted by molar-refractivity contribution is -0.145. The van der Waals surface area contributed by atoms with Crippen LogP contribution < -0.4 is 16.0 Å². The van der Waals surface area contributed by atoms with Crippen LogP contribution in [0.2, 0.25) is 0 Å². The Morgan fingerprint density at radius 2 is 1.88 bits per heavy atom. The SMILES string of the molecule is CC(=O)NC(C(=O)N1C[C@H]2[C@@H]([C@H]1C(=O)N[C@H](C#N)C[C@@H]1CC[C@@H](C)NC1=O)C2(C)C)C(C)(C)C. The molecule has 3 rings (SSSR count). The number of hydrogen-bond acceptors (Lipinski definition) is 5. The minimum absolute atomic E-state index is 0.00688. The molecule has 188 valence electrons. The van der Waals surface area contributed by atoms with Crippen LogP contribution in [0.5, 0.6) is 0 Å². The highest BCUT2D eigenvalue weighted by atomic mass is 16.2. The Hall–Kier alpha value is -2.63. The van der Waals surface area contributed by atoms with Crippen LogP contribution in [0.25, 0.3) is 0 Å². The van der Waals surface area contributed by atoms with Crippen molar-refractivity contribution in [3.63, 3.8) is 0 Å². The summed E-state index contributed by atoms with van der Waals surface area (Å²) in [6, 6.07) is -0.0406. The van der Waals surface area contributed by atoms with Gasteiger partial charge >= 0.3 is 0 Å². The molecule has 3 fully saturated rings. The van der Waals surface area contributed by atoms with Gasteiger partial charge in [0.05, 0.1) is 6.07 Å². The van der Waals surface area contributed by atoms with Gasteiger partial charge in [-0.1, -0.05) is 34.6 Å². The summed E-state index contributed by atoms with van der Waals surface area (Å²) < 4.78 is 0. The molecule has 7 atom stereocenters. The first-order valence-corrected chi connectivity index (χ1v) is 12.3. The normalized spacial score (nSPS) is 31.4. The van der Waals surface area contributed by atoms with Crippen molar-refractivity contribution in [3.8, 4) is 6.07 Å². The van der Waals surface area contributed by atoms with Crippen molar-refractivity contribution in [1.82, 2.24) is 20.9 Å². The van der Waals surface area contributed by atoms with Crippen LogP contribution in [0.1, 0.15) is 67.7 Å². The van der Waals surface area contributed by atoms with Crippen LogP contribution in [0.4, 0.5) is 0 Å². The highest BCUT2D eigenvalue weighted by Gasteiger charge is 2.69. The summed E-state index contributed by atoms with van der Waals surface area (Å²) in [7, 11) is 0. The van der Waals surface area contributed by atoms with E-state index < -0.39 is 23.5 Å². The summed E-state index contributed by atoms with van der Waals surface area (Å²) in [4.78, 5) is 52.8. The van der Waals surface area contributed by atoms with E-state index in [4.69, 9.17) is 0 Å². The highest BCUT2D eigenvalue weighted by molar-refractivity contribution is 5.94. The lowest BCUT2D eigenvalue weighted by atomic mass is 9.85. The molecule has 2 saturated heterocycles. The number of nitrogens with zero attached hydrogens (tertiary/aromatic N) is 2. The zero-order chi connectivity index (χ0) is 25.6. The molecule has 0 aromatic heterocycles. The van der Waals surface area contributed by atoms with Crippen molar-refractivity contribution in [2.75, 3.05) is 6.54 Å². The number of rotatable bonds is 6. The Kier molecular flexibility index (Phi) is 7.03. The monoisotopic (exact) mass is 473 g/mol. The quantitative estimate of drug-likeness (QED) is 0.536. The van der Waals surface area contributed by atoms with Crippen LogP contribution in [0, 0.1) is 39.9 Å². The Morgan fingerprint density at radius 3 is 2.41 bits per heavy atom. The third-order valence-electron chi connectivity index (χ3n) is 7.92. The molecule has 2 aliphatic heterocycles. The Bertz CT molecular complexity index is 902. The first kappa shape index (κ1) is 26.0. The first-order chi connectivity index (χ1) is 15.7. The topological polar surface area (TPSA) is 131 Å². The Labute approximate surface area is 202 Å². The van der Waals surface area contributed by atoms with Crippen LogP contribution in [0.3, 0.4) is 0 Å². The molecule has 0 aromatic carbocycles. The Morgan fingerprint density at radius 1 is 1.24 bits per heavy atom. The first-order valence-electron chi connectivity index (χ1n) is 12.3. The molecule has 1 unspecified atom stereocenters. The zero-order valence-corrected chi connectivity index (χ0v) is 21.4. The number of carbonyl (C=O) groups is 4. The molecule has 9 heteroatoms. The fourth-order valence-corrected chi connectivity index (χ4v) is 5.76. The number of likely N-dealkylation sites (tertiary alicyclic amines) is 1. The molecule has 0 aromatic rings. The van der Waals surface area contributed by atoms with E-state index in [9.17, 15) is 24.4 Å². The van der Waals surface area contributed by atoms with Crippen molar-refractivity contribution < 1.29 is 19.2 Å². The molecule has 3 N–H and O–H groups in total.